The van der Waals surface area contributed by atoms with Gasteiger partial charge in [-0.15, -0.1) is 11.3 Å². The molecule has 3 aromatic rings. The molecule has 0 spiro atoms. The number of aromatic nitrogens is 1. The molecular formula is C24H23N3O4S2. The van der Waals surface area contributed by atoms with Crippen LogP contribution in [0.5, 0.6) is 5.75 Å². The average molecular weight is 482 g/mol. The number of anilines is 2. The summed E-state index contributed by atoms with van der Waals surface area (Å²) >= 11 is 2.81. The van der Waals surface area contributed by atoms with Gasteiger partial charge in [0, 0.05) is 11.8 Å². The van der Waals surface area contributed by atoms with Crippen LogP contribution in [0.15, 0.2) is 46.8 Å². The van der Waals surface area contributed by atoms with Crippen molar-refractivity contribution in [3.05, 3.63) is 42.5 Å². The van der Waals surface area contributed by atoms with E-state index in [1.165, 1.54) is 28.0 Å². The van der Waals surface area contributed by atoms with Crippen molar-refractivity contribution in [1.29, 1.82) is 0 Å². The molecule has 2 heterocycles. The zero-order valence-corrected chi connectivity index (χ0v) is 19.7. The van der Waals surface area contributed by atoms with Crippen LogP contribution in [0.4, 0.5) is 11.4 Å². The Labute approximate surface area is 199 Å². The molecule has 170 valence electrons. The largest absolute Gasteiger partial charge is 0.497 e. The summed E-state index contributed by atoms with van der Waals surface area (Å²) in [6.45, 7) is 0. The Balaban J connectivity index is 1.27. The first-order chi connectivity index (χ1) is 16.0. The normalized spacial score (nSPS) is 20.2. The Morgan fingerprint density at radius 2 is 1.91 bits per heavy atom. The maximum Gasteiger partial charge on any atom is 0.237 e. The molecule has 7 nitrogen and oxygen atoms in total. The molecule has 2 aromatic carbocycles. The molecule has 1 aliphatic heterocycles. The fourth-order valence-electron chi connectivity index (χ4n) is 4.53. The summed E-state index contributed by atoms with van der Waals surface area (Å²) in [4.78, 5) is 44.1. The standard InChI is InChI=1S/C24H23N3O4S2/c1-31-16-6-4-5-14(11-16)25-21(28)13-32-24-26-19-10-9-15(12-20(19)33-24)27-22(29)17-7-2-3-8-18(17)23(27)30/h4-6,9-12,17-18H,2-3,7-8,13H2,1H3,(H,25,28)/t17-,18+. The molecule has 1 saturated heterocycles. The summed E-state index contributed by atoms with van der Waals surface area (Å²) in [6, 6.07) is 12.7. The van der Waals surface area contributed by atoms with E-state index in [0.717, 1.165) is 40.2 Å². The minimum Gasteiger partial charge on any atom is -0.497 e. The highest BCUT2D eigenvalue weighted by atomic mass is 32.2. The number of rotatable bonds is 6. The van der Waals surface area contributed by atoms with E-state index in [-0.39, 0.29) is 35.3 Å². The molecule has 9 heteroatoms. The highest BCUT2D eigenvalue weighted by Crippen LogP contribution is 2.41. The molecular weight excluding hydrogens is 458 g/mol. The molecule has 2 aliphatic rings. The molecule has 1 aromatic heterocycles. The van der Waals surface area contributed by atoms with E-state index >= 15 is 0 Å². The van der Waals surface area contributed by atoms with E-state index in [0.29, 0.717) is 17.1 Å². The van der Waals surface area contributed by atoms with Crippen LogP contribution in [0.25, 0.3) is 10.2 Å². The lowest BCUT2D eigenvalue weighted by Crippen LogP contribution is -2.30. The van der Waals surface area contributed by atoms with Crippen LogP contribution in [0, 0.1) is 11.8 Å². The first-order valence-electron chi connectivity index (χ1n) is 10.9. The molecule has 0 unspecified atom stereocenters. The average Bonchev–Trinajstić information content (AvgIpc) is 3.35. The first-order valence-corrected chi connectivity index (χ1v) is 12.7. The number of thioether (sulfide) groups is 1. The van der Waals surface area contributed by atoms with Crippen LogP contribution in [-0.4, -0.2) is 35.6 Å². The van der Waals surface area contributed by atoms with Crippen molar-refractivity contribution in [2.45, 2.75) is 30.0 Å². The van der Waals surface area contributed by atoms with E-state index in [9.17, 15) is 14.4 Å². The Morgan fingerprint density at radius 3 is 2.64 bits per heavy atom. The SMILES string of the molecule is COc1cccc(NC(=O)CSc2nc3ccc(N4C(=O)[C@H]5CCCC[C@H]5C4=O)cc3s2)c1. The summed E-state index contributed by atoms with van der Waals surface area (Å²) in [5.41, 5.74) is 2.08. The van der Waals surface area contributed by atoms with Crippen molar-refractivity contribution < 1.29 is 19.1 Å². The van der Waals surface area contributed by atoms with E-state index < -0.39 is 0 Å². The third kappa shape index (κ3) is 4.35. The van der Waals surface area contributed by atoms with Gasteiger partial charge in [0.25, 0.3) is 0 Å². The smallest absolute Gasteiger partial charge is 0.237 e. The Kier molecular flexibility index (Phi) is 6.07. The number of benzene rings is 2. The van der Waals surface area contributed by atoms with Gasteiger partial charge >= 0.3 is 0 Å². The van der Waals surface area contributed by atoms with Gasteiger partial charge in [0.15, 0.2) is 4.34 Å². The molecule has 2 fully saturated rings. The van der Waals surface area contributed by atoms with Gasteiger partial charge < -0.3 is 10.1 Å². The first kappa shape index (κ1) is 21.9. The summed E-state index contributed by atoms with van der Waals surface area (Å²) in [5.74, 6) is 0.279. The molecule has 0 radical (unpaired) electrons. The second-order valence-corrected chi connectivity index (χ2v) is 10.5. The Morgan fingerprint density at radius 1 is 1.15 bits per heavy atom. The van der Waals surface area contributed by atoms with Crippen LogP contribution in [0.2, 0.25) is 0 Å². The number of nitrogens with one attached hydrogen (secondary N) is 1. The van der Waals surface area contributed by atoms with Crippen molar-refractivity contribution in [3.8, 4) is 5.75 Å². The number of hydrogen-bond acceptors (Lipinski definition) is 7. The van der Waals surface area contributed by atoms with Crippen LogP contribution in [0.3, 0.4) is 0 Å². The maximum atomic E-state index is 12.9. The molecule has 5 rings (SSSR count). The number of thiazole rings is 1. The fourth-order valence-corrected chi connectivity index (χ4v) is 6.44. The monoisotopic (exact) mass is 481 g/mol. The maximum absolute atomic E-state index is 12.9. The third-order valence-corrected chi connectivity index (χ3v) is 8.29. The summed E-state index contributed by atoms with van der Waals surface area (Å²) < 4.78 is 6.82. The van der Waals surface area contributed by atoms with Crippen molar-refractivity contribution in [1.82, 2.24) is 4.98 Å². The second-order valence-electron chi connectivity index (χ2n) is 8.21. The highest BCUT2D eigenvalue weighted by molar-refractivity contribution is 8.01. The minimum absolute atomic E-state index is 0.0719. The fraction of sp³-hybridized carbons (Fsp3) is 0.333. The highest BCUT2D eigenvalue weighted by Gasteiger charge is 2.48. The van der Waals surface area contributed by atoms with Gasteiger partial charge in [0.2, 0.25) is 17.7 Å². The number of carbonyl (C=O) groups is 3. The van der Waals surface area contributed by atoms with Gasteiger partial charge in [0.1, 0.15) is 5.75 Å². The number of carbonyl (C=O) groups excluding carboxylic acids is 3. The number of nitrogens with zero attached hydrogens (tertiary/aromatic N) is 2. The van der Waals surface area contributed by atoms with E-state index in [2.05, 4.69) is 10.3 Å². The van der Waals surface area contributed by atoms with Gasteiger partial charge in [-0.1, -0.05) is 30.7 Å². The van der Waals surface area contributed by atoms with E-state index in [1.807, 2.05) is 24.3 Å². The van der Waals surface area contributed by atoms with Crippen LogP contribution in [-0.2, 0) is 14.4 Å². The zero-order valence-electron chi connectivity index (χ0n) is 18.1. The number of imide groups is 1. The Hall–Kier alpha value is -2.91. The molecule has 3 amide bonds. The molecule has 1 aliphatic carbocycles. The summed E-state index contributed by atoms with van der Waals surface area (Å²) in [7, 11) is 1.58. The quantitative estimate of drug-likeness (QED) is 0.405. The van der Waals surface area contributed by atoms with E-state index in [1.54, 1.807) is 25.3 Å². The molecule has 0 bridgehead atoms. The van der Waals surface area contributed by atoms with Gasteiger partial charge in [-0.2, -0.15) is 0 Å². The minimum atomic E-state index is -0.169. The van der Waals surface area contributed by atoms with Crippen LogP contribution < -0.4 is 15.0 Å². The van der Waals surface area contributed by atoms with Crippen molar-refractivity contribution in [3.63, 3.8) is 0 Å². The van der Waals surface area contributed by atoms with E-state index in [4.69, 9.17) is 4.74 Å². The number of hydrogen-bond donors (Lipinski definition) is 1. The lowest BCUT2D eigenvalue weighted by Gasteiger charge is -2.19. The number of fused-ring (bicyclic) bond motifs is 2. The zero-order chi connectivity index (χ0) is 22.9. The topological polar surface area (TPSA) is 88.6 Å². The second kappa shape index (κ2) is 9.15. The summed E-state index contributed by atoms with van der Waals surface area (Å²) in [6.07, 6.45) is 3.61. The lowest BCUT2D eigenvalue weighted by molar-refractivity contribution is -0.122. The van der Waals surface area contributed by atoms with Gasteiger partial charge in [0.05, 0.1) is 40.6 Å². The molecule has 2 atom stereocenters. The van der Waals surface area contributed by atoms with Crippen LogP contribution in [0.1, 0.15) is 25.7 Å². The molecule has 33 heavy (non-hydrogen) atoms. The van der Waals surface area contributed by atoms with Crippen molar-refractivity contribution in [2.75, 3.05) is 23.1 Å². The lowest BCUT2D eigenvalue weighted by atomic mass is 9.81. The van der Waals surface area contributed by atoms with Crippen LogP contribution >= 0.6 is 23.1 Å². The number of amides is 3. The van der Waals surface area contributed by atoms with Gasteiger partial charge in [-0.25, -0.2) is 4.98 Å². The molecule has 1 N–H and O–H groups in total. The summed E-state index contributed by atoms with van der Waals surface area (Å²) in [5, 5.41) is 2.86. The Bertz CT molecular complexity index is 1220. The molecule has 1 saturated carbocycles. The van der Waals surface area contributed by atoms with Crippen molar-refractivity contribution >= 4 is 62.4 Å². The predicted molar refractivity (Wildman–Crippen MR) is 130 cm³/mol. The van der Waals surface area contributed by atoms with Gasteiger partial charge in [-0.3, -0.25) is 19.3 Å². The number of ether oxygens (including phenoxy) is 1. The predicted octanol–water partition coefficient (Wildman–Crippen LogP) is 4.72. The van der Waals surface area contributed by atoms with Crippen molar-refractivity contribution in [2.24, 2.45) is 11.8 Å². The third-order valence-electron chi connectivity index (χ3n) is 6.13. The number of methoxy groups -OCH3 is 1. The van der Waals surface area contributed by atoms with Gasteiger partial charge in [-0.05, 0) is 43.2 Å².